The first-order chi connectivity index (χ1) is 6.61. The molecule has 1 atom stereocenters. The highest BCUT2D eigenvalue weighted by molar-refractivity contribution is 7.99. The maximum Gasteiger partial charge on any atom is 0.329 e. The molecule has 2 N–H and O–H groups in total. The zero-order valence-corrected chi connectivity index (χ0v) is 9.10. The molecule has 0 spiro atoms. The molecular formula is C8H15NO4S. The molecule has 0 bridgehead atoms. The average Bonchev–Trinajstić information content (AvgIpc) is 2.15. The Hall–Kier alpha value is -0.750. The third kappa shape index (κ3) is 5.82. The van der Waals surface area contributed by atoms with Crippen LogP contribution in [0.1, 0.15) is 6.92 Å². The van der Waals surface area contributed by atoms with Crippen molar-refractivity contribution in [1.29, 1.82) is 0 Å². The number of hydrogen-bond donors (Lipinski definition) is 2. The Morgan fingerprint density at radius 2 is 2.21 bits per heavy atom. The Labute approximate surface area is 87.2 Å². The molecule has 5 nitrogen and oxygen atoms in total. The van der Waals surface area contributed by atoms with Gasteiger partial charge >= 0.3 is 5.97 Å². The van der Waals surface area contributed by atoms with Gasteiger partial charge in [0.05, 0.1) is 13.7 Å². The Kier molecular flexibility index (Phi) is 7.23. The third-order valence-corrected chi connectivity index (χ3v) is 2.42. The number of hydrogen-bond acceptors (Lipinski definition) is 5. The number of methoxy groups -OCH3 is 1. The number of ether oxygens (including phenoxy) is 1. The van der Waals surface area contributed by atoms with E-state index in [1.807, 2.05) is 0 Å². The SMILES string of the molecule is COC(=O)C(CSCCO)NC(C)=O. The topological polar surface area (TPSA) is 75.6 Å². The second-order valence-electron chi connectivity index (χ2n) is 2.57. The molecule has 0 fully saturated rings. The molecule has 0 heterocycles. The van der Waals surface area contributed by atoms with Gasteiger partial charge in [-0.2, -0.15) is 11.8 Å². The molecule has 0 aliphatic rings. The number of nitrogens with one attached hydrogen (secondary N) is 1. The molecule has 0 aromatic carbocycles. The van der Waals surface area contributed by atoms with Crippen molar-refractivity contribution in [2.75, 3.05) is 25.2 Å². The number of carbonyl (C=O) groups is 2. The van der Waals surface area contributed by atoms with Crippen molar-refractivity contribution in [3.05, 3.63) is 0 Å². The minimum atomic E-state index is -0.631. The molecule has 0 aliphatic carbocycles. The van der Waals surface area contributed by atoms with Crippen LogP contribution < -0.4 is 5.32 Å². The smallest absolute Gasteiger partial charge is 0.329 e. The first-order valence-electron chi connectivity index (χ1n) is 4.15. The van der Waals surface area contributed by atoms with Gasteiger partial charge in [0, 0.05) is 18.4 Å². The number of carbonyl (C=O) groups excluding carboxylic acids is 2. The molecular weight excluding hydrogens is 206 g/mol. The van der Waals surface area contributed by atoms with Crippen LogP contribution in [0.25, 0.3) is 0 Å². The van der Waals surface area contributed by atoms with Crippen molar-refractivity contribution in [1.82, 2.24) is 5.32 Å². The second-order valence-corrected chi connectivity index (χ2v) is 3.72. The van der Waals surface area contributed by atoms with Crippen LogP contribution in [0.15, 0.2) is 0 Å². The Morgan fingerprint density at radius 3 is 2.64 bits per heavy atom. The lowest BCUT2D eigenvalue weighted by Gasteiger charge is -2.14. The normalized spacial score (nSPS) is 11.9. The molecule has 1 amide bonds. The largest absolute Gasteiger partial charge is 0.467 e. The fourth-order valence-electron chi connectivity index (χ4n) is 0.822. The van der Waals surface area contributed by atoms with Gasteiger partial charge in [-0.1, -0.05) is 0 Å². The molecule has 6 heteroatoms. The highest BCUT2D eigenvalue weighted by Gasteiger charge is 2.19. The highest BCUT2D eigenvalue weighted by atomic mass is 32.2. The van der Waals surface area contributed by atoms with E-state index in [-0.39, 0.29) is 12.5 Å². The first kappa shape index (κ1) is 13.2. The van der Waals surface area contributed by atoms with Crippen molar-refractivity contribution in [2.24, 2.45) is 0 Å². The summed E-state index contributed by atoms with van der Waals surface area (Å²) < 4.78 is 4.51. The van der Waals surface area contributed by atoms with Crippen LogP contribution in [0.2, 0.25) is 0 Å². The highest BCUT2D eigenvalue weighted by Crippen LogP contribution is 2.03. The predicted molar refractivity (Wildman–Crippen MR) is 54.0 cm³/mol. The van der Waals surface area contributed by atoms with E-state index < -0.39 is 12.0 Å². The summed E-state index contributed by atoms with van der Waals surface area (Å²) in [5.74, 6) is 0.204. The van der Waals surface area contributed by atoms with Crippen molar-refractivity contribution in [2.45, 2.75) is 13.0 Å². The summed E-state index contributed by atoms with van der Waals surface area (Å²) in [6.07, 6.45) is 0. The lowest BCUT2D eigenvalue weighted by molar-refractivity contribution is -0.144. The zero-order chi connectivity index (χ0) is 11.0. The summed E-state index contributed by atoms with van der Waals surface area (Å²) in [5, 5.41) is 11.0. The van der Waals surface area contributed by atoms with Gasteiger partial charge in [0.1, 0.15) is 6.04 Å². The lowest BCUT2D eigenvalue weighted by Crippen LogP contribution is -2.42. The van der Waals surface area contributed by atoms with Crippen LogP contribution in [0.3, 0.4) is 0 Å². The predicted octanol–water partition coefficient (Wildman–Crippen LogP) is -0.610. The second kappa shape index (κ2) is 7.64. The fourth-order valence-corrected chi connectivity index (χ4v) is 1.57. The Morgan fingerprint density at radius 1 is 1.57 bits per heavy atom. The molecule has 0 radical (unpaired) electrons. The van der Waals surface area contributed by atoms with Gasteiger partial charge in [0.25, 0.3) is 0 Å². The molecule has 0 aromatic heterocycles. The van der Waals surface area contributed by atoms with Crippen LogP contribution in [-0.4, -0.2) is 48.2 Å². The van der Waals surface area contributed by atoms with Gasteiger partial charge < -0.3 is 15.2 Å². The van der Waals surface area contributed by atoms with Crippen LogP contribution in [-0.2, 0) is 14.3 Å². The number of aliphatic hydroxyl groups is 1. The Bertz CT molecular complexity index is 198. The van der Waals surface area contributed by atoms with Gasteiger partial charge in [0.15, 0.2) is 0 Å². The van der Waals surface area contributed by atoms with Crippen molar-refractivity contribution < 1.29 is 19.4 Å². The van der Waals surface area contributed by atoms with Gasteiger partial charge in [-0.05, 0) is 0 Å². The van der Waals surface area contributed by atoms with E-state index in [4.69, 9.17) is 5.11 Å². The average molecular weight is 221 g/mol. The molecule has 0 aromatic rings. The van der Waals surface area contributed by atoms with Crippen LogP contribution in [0.5, 0.6) is 0 Å². The summed E-state index contributed by atoms with van der Waals surface area (Å²) in [7, 11) is 1.27. The van der Waals surface area contributed by atoms with E-state index in [0.717, 1.165) is 0 Å². The summed E-state index contributed by atoms with van der Waals surface area (Å²) >= 11 is 1.38. The van der Waals surface area contributed by atoms with Gasteiger partial charge in [-0.25, -0.2) is 4.79 Å². The summed E-state index contributed by atoms with van der Waals surface area (Å²) in [6.45, 7) is 1.39. The van der Waals surface area contributed by atoms with Crippen LogP contribution in [0, 0.1) is 0 Å². The lowest BCUT2D eigenvalue weighted by atomic mass is 10.3. The molecule has 0 rings (SSSR count). The van der Waals surface area contributed by atoms with Crippen LogP contribution >= 0.6 is 11.8 Å². The number of rotatable bonds is 6. The minimum Gasteiger partial charge on any atom is -0.467 e. The van der Waals surface area contributed by atoms with Crippen molar-refractivity contribution in [3.8, 4) is 0 Å². The number of amides is 1. The maximum absolute atomic E-state index is 11.1. The van der Waals surface area contributed by atoms with Gasteiger partial charge in [0.2, 0.25) is 5.91 Å². The third-order valence-electron chi connectivity index (χ3n) is 1.38. The van der Waals surface area contributed by atoms with Crippen LogP contribution in [0.4, 0.5) is 0 Å². The van der Waals surface area contributed by atoms with Gasteiger partial charge in [-0.3, -0.25) is 4.79 Å². The maximum atomic E-state index is 11.1. The quantitative estimate of drug-likeness (QED) is 0.462. The van der Waals surface area contributed by atoms with Gasteiger partial charge in [-0.15, -0.1) is 0 Å². The zero-order valence-electron chi connectivity index (χ0n) is 8.28. The van der Waals surface area contributed by atoms with E-state index in [0.29, 0.717) is 11.5 Å². The summed E-state index contributed by atoms with van der Waals surface area (Å²) in [6, 6.07) is -0.631. The molecule has 82 valence electrons. The first-order valence-corrected chi connectivity index (χ1v) is 5.30. The van der Waals surface area contributed by atoms with Crippen molar-refractivity contribution >= 4 is 23.6 Å². The number of aliphatic hydroxyl groups excluding tert-OH is 1. The summed E-state index contributed by atoms with van der Waals surface area (Å²) in [4.78, 5) is 21.9. The number of esters is 1. The summed E-state index contributed by atoms with van der Waals surface area (Å²) in [5.41, 5.74) is 0. The fraction of sp³-hybridized carbons (Fsp3) is 0.750. The van der Waals surface area contributed by atoms with E-state index >= 15 is 0 Å². The number of thioether (sulfide) groups is 1. The van der Waals surface area contributed by atoms with E-state index in [9.17, 15) is 9.59 Å². The standard InChI is InChI=1S/C8H15NO4S/c1-6(11)9-7(8(12)13-2)5-14-4-3-10/h7,10H,3-5H2,1-2H3,(H,9,11). The molecule has 1 unspecified atom stereocenters. The molecule has 0 saturated heterocycles. The minimum absolute atomic E-state index is 0.0542. The van der Waals surface area contributed by atoms with Crippen molar-refractivity contribution in [3.63, 3.8) is 0 Å². The van der Waals surface area contributed by atoms with E-state index in [1.54, 1.807) is 0 Å². The van der Waals surface area contributed by atoms with E-state index in [2.05, 4.69) is 10.1 Å². The molecule has 0 saturated carbocycles. The molecule has 14 heavy (non-hydrogen) atoms. The monoisotopic (exact) mass is 221 g/mol. The van der Waals surface area contributed by atoms with E-state index in [1.165, 1.54) is 25.8 Å². The Balaban J connectivity index is 3.97. The molecule has 0 aliphatic heterocycles.